The zero-order valence-electron chi connectivity index (χ0n) is 16.4. The van der Waals surface area contributed by atoms with E-state index in [2.05, 4.69) is 57.4 Å². The van der Waals surface area contributed by atoms with Crippen LogP contribution in [0.1, 0.15) is 35.2 Å². The quantitative estimate of drug-likeness (QED) is 0.525. The van der Waals surface area contributed by atoms with Crippen molar-refractivity contribution in [2.24, 2.45) is 11.8 Å². The first kappa shape index (κ1) is 17.3. The molecule has 1 fully saturated rings. The predicted octanol–water partition coefficient (Wildman–Crippen LogP) is 3.35. The van der Waals surface area contributed by atoms with Crippen LogP contribution in [-0.4, -0.2) is 24.7 Å². The maximum Gasteiger partial charge on any atom is 0.263 e. The molecule has 1 aromatic carbocycles. The smallest absolute Gasteiger partial charge is 0.263 e. The standard InChI is InChI=1S/C23H19N5O2/c1-13-4-2-5-14(8-13)15-9-17-18(10-15)20(17)22-26-19(30-27-22)11-28-12-25-21-16(23(28)29)6-3-7-24-21/h2-9,12,17-18,20H,10-11H2,1H3. The van der Waals surface area contributed by atoms with Crippen LogP contribution in [0, 0.1) is 18.8 Å². The molecule has 2 aliphatic carbocycles. The fraction of sp³-hybridized carbons (Fsp3) is 0.261. The number of allylic oxidation sites excluding steroid dienone is 2. The monoisotopic (exact) mass is 397 g/mol. The SMILES string of the molecule is Cc1cccc(C2=CC3C(C2)C3c2noc(Cn3cnc4ncccc4c3=O)n2)c1. The molecular formula is C23H19N5O2. The van der Waals surface area contributed by atoms with Crippen LogP contribution in [0.2, 0.25) is 0 Å². The molecule has 4 aromatic rings. The van der Waals surface area contributed by atoms with Crippen LogP contribution in [-0.2, 0) is 6.54 Å². The van der Waals surface area contributed by atoms with Gasteiger partial charge in [-0.3, -0.25) is 9.36 Å². The van der Waals surface area contributed by atoms with Gasteiger partial charge in [0.25, 0.3) is 5.56 Å². The summed E-state index contributed by atoms with van der Waals surface area (Å²) in [6.07, 6.45) is 6.51. The third-order valence-electron chi connectivity index (χ3n) is 6.15. The molecule has 0 amide bonds. The minimum absolute atomic E-state index is 0.165. The van der Waals surface area contributed by atoms with E-state index in [4.69, 9.17) is 4.52 Å². The molecular weight excluding hydrogens is 378 g/mol. The van der Waals surface area contributed by atoms with E-state index in [9.17, 15) is 4.79 Å². The molecule has 0 N–H and O–H groups in total. The van der Waals surface area contributed by atoms with E-state index < -0.39 is 0 Å². The van der Waals surface area contributed by atoms with Crippen molar-refractivity contribution in [2.75, 3.05) is 0 Å². The zero-order chi connectivity index (χ0) is 20.2. The molecule has 6 rings (SSSR count). The van der Waals surface area contributed by atoms with Crippen molar-refractivity contribution >= 4 is 16.6 Å². The van der Waals surface area contributed by atoms with Crippen LogP contribution in [0.4, 0.5) is 0 Å². The second-order valence-electron chi connectivity index (χ2n) is 8.13. The summed E-state index contributed by atoms with van der Waals surface area (Å²) >= 11 is 0. The topological polar surface area (TPSA) is 86.7 Å². The first-order valence-electron chi connectivity index (χ1n) is 10.1. The van der Waals surface area contributed by atoms with Gasteiger partial charge in [-0.05, 0) is 48.4 Å². The van der Waals surface area contributed by atoms with Gasteiger partial charge in [0.15, 0.2) is 11.5 Å². The lowest BCUT2D eigenvalue weighted by atomic mass is 9.99. The van der Waals surface area contributed by atoms with Crippen molar-refractivity contribution in [3.05, 3.63) is 88.2 Å². The number of benzene rings is 1. The Morgan fingerprint density at radius 3 is 2.97 bits per heavy atom. The molecule has 0 saturated heterocycles. The number of hydrogen-bond donors (Lipinski definition) is 0. The fourth-order valence-electron chi connectivity index (χ4n) is 4.59. The van der Waals surface area contributed by atoms with Crippen molar-refractivity contribution in [1.82, 2.24) is 24.7 Å². The van der Waals surface area contributed by atoms with Crippen LogP contribution in [0.25, 0.3) is 16.6 Å². The summed E-state index contributed by atoms with van der Waals surface area (Å²) in [4.78, 5) is 25.5. The average Bonchev–Trinajstić information content (AvgIpc) is 3.10. The van der Waals surface area contributed by atoms with E-state index >= 15 is 0 Å². The molecule has 1 saturated carbocycles. The number of fused-ring (bicyclic) bond motifs is 2. The van der Waals surface area contributed by atoms with Gasteiger partial charge in [0.1, 0.15) is 12.9 Å². The van der Waals surface area contributed by atoms with Crippen molar-refractivity contribution in [2.45, 2.75) is 25.8 Å². The Balaban J connectivity index is 1.20. The highest BCUT2D eigenvalue weighted by atomic mass is 16.5. The van der Waals surface area contributed by atoms with Crippen LogP contribution < -0.4 is 5.56 Å². The highest BCUT2D eigenvalue weighted by Gasteiger charge is 2.55. The molecule has 3 unspecified atom stereocenters. The zero-order valence-corrected chi connectivity index (χ0v) is 16.4. The summed E-state index contributed by atoms with van der Waals surface area (Å²) in [5, 5.41) is 4.67. The van der Waals surface area contributed by atoms with E-state index in [1.807, 2.05) is 0 Å². The van der Waals surface area contributed by atoms with Gasteiger partial charge in [0.05, 0.1) is 5.39 Å². The van der Waals surface area contributed by atoms with Gasteiger partial charge in [0.2, 0.25) is 5.89 Å². The van der Waals surface area contributed by atoms with Gasteiger partial charge < -0.3 is 4.52 Å². The van der Waals surface area contributed by atoms with Crippen LogP contribution in [0.5, 0.6) is 0 Å². The molecule has 30 heavy (non-hydrogen) atoms. The van der Waals surface area contributed by atoms with Crippen molar-refractivity contribution in [1.29, 1.82) is 0 Å². The molecule has 0 bridgehead atoms. The minimum atomic E-state index is -0.165. The van der Waals surface area contributed by atoms with Crippen molar-refractivity contribution < 1.29 is 4.52 Å². The normalized spacial score (nSPS) is 22.2. The Morgan fingerprint density at radius 2 is 2.13 bits per heavy atom. The molecule has 3 atom stereocenters. The van der Waals surface area contributed by atoms with Crippen LogP contribution in [0.15, 0.2) is 64.3 Å². The Labute approximate surface area is 172 Å². The lowest BCUT2D eigenvalue weighted by molar-refractivity contribution is 0.364. The summed E-state index contributed by atoms with van der Waals surface area (Å²) in [5.41, 5.74) is 4.28. The van der Waals surface area contributed by atoms with Crippen molar-refractivity contribution in [3.8, 4) is 0 Å². The van der Waals surface area contributed by atoms with Gasteiger partial charge in [-0.2, -0.15) is 4.98 Å². The third kappa shape index (κ3) is 2.77. The predicted molar refractivity (Wildman–Crippen MR) is 111 cm³/mol. The maximum absolute atomic E-state index is 12.6. The summed E-state index contributed by atoms with van der Waals surface area (Å²) in [6, 6.07) is 12.1. The molecule has 3 heterocycles. The lowest BCUT2D eigenvalue weighted by Crippen LogP contribution is -2.21. The highest BCUT2D eigenvalue weighted by Crippen LogP contribution is 2.62. The Bertz CT molecular complexity index is 1370. The van der Waals surface area contributed by atoms with E-state index in [-0.39, 0.29) is 12.1 Å². The first-order valence-corrected chi connectivity index (χ1v) is 10.1. The van der Waals surface area contributed by atoms with Gasteiger partial charge in [-0.25, -0.2) is 9.97 Å². The third-order valence-corrected chi connectivity index (χ3v) is 6.15. The number of nitrogens with zero attached hydrogens (tertiary/aromatic N) is 5. The Hall–Kier alpha value is -3.61. The van der Waals surface area contributed by atoms with E-state index in [1.54, 1.807) is 18.3 Å². The van der Waals surface area contributed by atoms with Gasteiger partial charge >= 0.3 is 0 Å². The summed E-state index contributed by atoms with van der Waals surface area (Å²) in [5.74, 6) is 2.49. The van der Waals surface area contributed by atoms with E-state index in [0.717, 1.165) is 12.2 Å². The highest BCUT2D eigenvalue weighted by molar-refractivity contribution is 5.72. The summed E-state index contributed by atoms with van der Waals surface area (Å²) in [6.45, 7) is 2.33. The number of aryl methyl sites for hydroxylation is 1. The number of hydrogen-bond acceptors (Lipinski definition) is 6. The largest absolute Gasteiger partial charge is 0.337 e. The van der Waals surface area contributed by atoms with Crippen molar-refractivity contribution in [3.63, 3.8) is 0 Å². The van der Waals surface area contributed by atoms with E-state index in [1.165, 1.54) is 27.6 Å². The molecule has 7 heteroatoms. The Kier molecular flexibility index (Phi) is 3.71. The molecule has 0 radical (unpaired) electrons. The second-order valence-corrected chi connectivity index (χ2v) is 8.13. The number of aromatic nitrogens is 5. The van der Waals surface area contributed by atoms with Gasteiger partial charge in [-0.1, -0.05) is 41.1 Å². The van der Waals surface area contributed by atoms with Gasteiger partial charge in [0, 0.05) is 12.1 Å². The average molecular weight is 397 g/mol. The Morgan fingerprint density at radius 1 is 1.20 bits per heavy atom. The number of pyridine rings is 1. The molecule has 0 spiro atoms. The number of rotatable bonds is 4. The summed E-state index contributed by atoms with van der Waals surface area (Å²) in [7, 11) is 0. The molecule has 7 nitrogen and oxygen atoms in total. The van der Waals surface area contributed by atoms with Crippen LogP contribution in [0.3, 0.4) is 0 Å². The molecule has 0 aliphatic heterocycles. The molecule has 148 valence electrons. The van der Waals surface area contributed by atoms with Crippen LogP contribution >= 0.6 is 0 Å². The maximum atomic E-state index is 12.6. The lowest BCUT2D eigenvalue weighted by Gasteiger charge is -2.06. The second kappa shape index (κ2) is 6.45. The first-order chi connectivity index (χ1) is 14.7. The minimum Gasteiger partial charge on any atom is -0.337 e. The van der Waals surface area contributed by atoms with E-state index in [0.29, 0.717) is 34.7 Å². The fourth-order valence-corrected chi connectivity index (χ4v) is 4.59. The molecule has 2 aliphatic rings. The summed E-state index contributed by atoms with van der Waals surface area (Å²) < 4.78 is 6.92. The molecule has 3 aromatic heterocycles. The van der Waals surface area contributed by atoms with Gasteiger partial charge in [-0.15, -0.1) is 0 Å².